The van der Waals surface area contributed by atoms with Crippen molar-refractivity contribution in [2.45, 2.75) is 0 Å². The van der Waals surface area contributed by atoms with E-state index in [1.807, 2.05) is 0 Å². The van der Waals surface area contributed by atoms with Gasteiger partial charge in [-0.15, -0.1) is 0 Å². The van der Waals surface area contributed by atoms with E-state index in [9.17, 15) is 0 Å². The van der Waals surface area contributed by atoms with Gasteiger partial charge < -0.3 is 0 Å². The second-order valence-electron chi connectivity index (χ2n) is 0.183. The molecule has 0 heterocycles. The third-order valence-corrected chi connectivity index (χ3v) is 0. The minimum atomic E-state index is 0. The van der Waals surface area contributed by atoms with Crippen LogP contribution < -0.4 is 0 Å². The second-order valence-corrected chi connectivity index (χ2v) is 0.548. The summed E-state index contributed by atoms with van der Waals surface area (Å²) in [5, 5.41) is 0. The van der Waals surface area contributed by atoms with E-state index in [1.54, 1.807) is 6.26 Å². The number of rotatable bonds is 0. The molecular weight excluding hydrogens is 161 g/mol. The van der Waals surface area contributed by atoms with Crippen molar-refractivity contribution in [1.82, 2.24) is 0 Å². The molecule has 28 valence electrons. The molecule has 3 heteroatoms. The van der Waals surface area contributed by atoms with Gasteiger partial charge >= 0.3 is 0 Å². The molecule has 0 saturated heterocycles. The Hall–Kier alpha value is 0.773. The minimum absolute atomic E-state index is 0. The molecular formula is CH4ORuS. The molecule has 0 atom stereocenters. The van der Waals surface area contributed by atoms with Crippen molar-refractivity contribution in [1.29, 1.82) is 0 Å². The Morgan fingerprint density at radius 1 is 1.75 bits per heavy atom. The van der Waals surface area contributed by atoms with E-state index in [-0.39, 0.29) is 31.1 Å². The summed E-state index contributed by atoms with van der Waals surface area (Å²) in [7, 11) is 0. The van der Waals surface area contributed by atoms with Crippen molar-refractivity contribution in [3.63, 3.8) is 0 Å². The summed E-state index contributed by atoms with van der Waals surface area (Å²) in [5.74, 6) is 0. The van der Waals surface area contributed by atoms with Gasteiger partial charge in [0.15, 0.2) is 0 Å². The Morgan fingerprint density at radius 3 is 1.75 bits per heavy atom. The van der Waals surface area contributed by atoms with Crippen LogP contribution in [0.2, 0.25) is 0 Å². The second kappa shape index (κ2) is 9.23. The monoisotopic (exact) mass is 166 g/mol. The minimum Gasteiger partial charge on any atom is -0.263 e. The van der Waals surface area contributed by atoms with Gasteiger partial charge in [-0.25, -0.2) is 0 Å². The van der Waals surface area contributed by atoms with Crippen molar-refractivity contribution in [2.24, 2.45) is 0 Å². The first-order chi connectivity index (χ1) is 1.41. The van der Waals surface area contributed by atoms with Gasteiger partial charge in [-0.05, 0) is 0 Å². The summed E-state index contributed by atoms with van der Waals surface area (Å²) in [6.07, 6.45) is 1.54. The summed E-state index contributed by atoms with van der Waals surface area (Å²) in [6.45, 7) is 0. The first-order valence-corrected chi connectivity index (χ1v) is 1.89. The smallest absolute Gasteiger partial charge is 0.00907 e. The van der Waals surface area contributed by atoms with Gasteiger partial charge in [-0.1, -0.05) is 0 Å². The van der Waals surface area contributed by atoms with Crippen molar-refractivity contribution in [3.05, 3.63) is 0 Å². The van der Waals surface area contributed by atoms with Crippen molar-refractivity contribution < 1.29 is 23.7 Å². The van der Waals surface area contributed by atoms with Gasteiger partial charge in [0.1, 0.15) is 0 Å². The molecule has 0 N–H and O–H groups in total. The molecule has 0 saturated carbocycles. The Kier molecular flexibility index (Phi) is 20.4. The van der Waals surface area contributed by atoms with Crippen LogP contribution in [0.3, 0.4) is 0 Å². The molecule has 0 unspecified atom stereocenters. The third kappa shape index (κ3) is 14.6. The van der Waals surface area contributed by atoms with E-state index in [4.69, 9.17) is 4.21 Å². The van der Waals surface area contributed by atoms with E-state index >= 15 is 0 Å². The zero-order valence-corrected chi connectivity index (χ0v) is 4.84. The zero-order valence-electron chi connectivity index (χ0n) is 2.21. The Bertz CT molecular complexity index is 15.5. The van der Waals surface area contributed by atoms with E-state index in [0.717, 1.165) is 0 Å². The molecule has 0 spiro atoms. The molecule has 0 aromatic carbocycles. The fourth-order valence-corrected chi connectivity index (χ4v) is 0. The van der Waals surface area contributed by atoms with Crippen LogP contribution in [-0.2, 0) is 31.1 Å². The summed E-state index contributed by atoms with van der Waals surface area (Å²) in [5.41, 5.74) is 0. The zero-order chi connectivity index (χ0) is 2.71. The maximum atomic E-state index is 8.90. The predicted octanol–water partition coefficient (Wildman–Crippen LogP) is -0.441. The van der Waals surface area contributed by atoms with Gasteiger partial charge in [0.25, 0.3) is 0 Å². The molecule has 0 fully saturated rings. The van der Waals surface area contributed by atoms with Gasteiger partial charge in [0.05, 0.1) is 0 Å². The Balaban J connectivity index is 0. The maximum Gasteiger partial charge on any atom is 0.00907 e. The van der Waals surface area contributed by atoms with Crippen LogP contribution in [0.4, 0.5) is 0 Å². The summed E-state index contributed by atoms with van der Waals surface area (Å²) < 4.78 is 8.90. The Morgan fingerprint density at radius 2 is 1.75 bits per heavy atom. The molecule has 0 bridgehead atoms. The van der Waals surface area contributed by atoms with Crippen molar-refractivity contribution >= 4 is 11.7 Å². The largest absolute Gasteiger partial charge is 0.263 e. The molecule has 0 amide bonds. The van der Waals surface area contributed by atoms with Crippen molar-refractivity contribution in [3.8, 4) is 0 Å². The average molecular weight is 165 g/mol. The first-order valence-electron chi connectivity index (χ1n) is 0.630. The van der Waals surface area contributed by atoms with Crippen LogP contribution in [0.5, 0.6) is 0 Å². The molecule has 0 aliphatic carbocycles. The normalized spacial score (nSPS) is 4.25. The quantitative estimate of drug-likeness (QED) is 0.380. The molecule has 0 aliphatic rings. The maximum absolute atomic E-state index is 8.90. The van der Waals surface area contributed by atoms with Crippen LogP contribution in [0.25, 0.3) is 0 Å². The van der Waals surface area contributed by atoms with Crippen LogP contribution in [-0.4, -0.2) is 10.5 Å². The van der Waals surface area contributed by atoms with Gasteiger partial charge in [0.2, 0.25) is 0 Å². The molecule has 4 heavy (non-hydrogen) atoms. The standard InChI is InChI=1S/CH4OS.Ru/c1-3-2;/h3H,1H3;. The SMILES string of the molecule is C[SH]=O.[Ru]. The predicted molar refractivity (Wildman–Crippen MR) is 15.5 cm³/mol. The number of hydrogen-bond acceptors (Lipinski definition) is 1. The van der Waals surface area contributed by atoms with Crippen molar-refractivity contribution in [2.75, 3.05) is 6.26 Å². The van der Waals surface area contributed by atoms with Crippen LogP contribution in [0.1, 0.15) is 0 Å². The summed E-state index contributed by atoms with van der Waals surface area (Å²) in [4.78, 5) is 0. The number of thiol groups is 1. The average Bonchev–Trinajstić information content (AvgIpc) is 0.918. The van der Waals surface area contributed by atoms with E-state index in [2.05, 4.69) is 0 Å². The van der Waals surface area contributed by atoms with Crippen LogP contribution in [0.15, 0.2) is 0 Å². The first kappa shape index (κ1) is 8.84. The molecule has 0 radical (unpaired) electrons. The summed E-state index contributed by atoms with van der Waals surface area (Å²) >= 11 is 0.167. The topological polar surface area (TPSA) is 17.1 Å². The van der Waals surface area contributed by atoms with Gasteiger partial charge in [-0.3, -0.25) is 4.21 Å². The van der Waals surface area contributed by atoms with E-state index in [0.29, 0.717) is 0 Å². The summed E-state index contributed by atoms with van der Waals surface area (Å²) in [6, 6.07) is 0. The van der Waals surface area contributed by atoms with E-state index < -0.39 is 0 Å². The molecule has 0 aromatic rings. The van der Waals surface area contributed by atoms with Crippen LogP contribution in [0, 0.1) is 0 Å². The Labute approximate surface area is 42.0 Å². The number of hydrogen-bond donors (Lipinski definition) is 1. The van der Waals surface area contributed by atoms with Gasteiger partial charge in [0, 0.05) is 37.4 Å². The molecule has 0 rings (SSSR count). The van der Waals surface area contributed by atoms with Gasteiger partial charge in [-0.2, -0.15) is 0 Å². The molecule has 0 aromatic heterocycles. The third-order valence-electron chi connectivity index (χ3n) is 0. The fourth-order valence-electron chi connectivity index (χ4n) is 0. The molecule has 0 aliphatic heterocycles. The van der Waals surface area contributed by atoms with E-state index in [1.165, 1.54) is 0 Å². The fraction of sp³-hybridized carbons (Fsp3) is 1.00. The molecule has 1 nitrogen and oxygen atoms in total. The van der Waals surface area contributed by atoms with Crippen LogP contribution >= 0.6 is 0 Å².